The van der Waals surface area contributed by atoms with Gasteiger partial charge in [-0.1, -0.05) is 49.9 Å². The van der Waals surface area contributed by atoms with Crippen LogP contribution < -0.4 is 0 Å². The standard InChI is InChI=1S/C15H17F/c1-4-13-7-10-15(11-8-13)14(5-2)9-6-12(3)16/h5-11H,3-4H2,1-2H3/b9-6-,14-5+. The fraction of sp³-hybridized carbons (Fsp3) is 0.200. The van der Waals surface area contributed by atoms with E-state index in [1.165, 1.54) is 11.6 Å². The lowest BCUT2D eigenvalue weighted by atomic mass is 10.0. The lowest BCUT2D eigenvalue weighted by Gasteiger charge is -2.03. The van der Waals surface area contributed by atoms with Crippen LogP contribution in [0, 0.1) is 0 Å². The maximum atomic E-state index is 12.5. The summed E-state index contributed by atoms with van der Waals surface area (Å²) >= 11 is 0. The average Bonchev–Trinajstić information content (AvgIpc) is 2.30. The summed E-state index contributed by atoms with van der Waals surface area (Å²) < 4.78 is 12.5. The van der Waals surface area contributed by atoms with Crippen LogP contribution in [0.25, 0.3) is 5.57 Å². The highest BCUT2D eigenvalue weighted by atomic mass is 19.1. The van der Waals surface area contributed by atoms with Gasteiger partial charge in [-0.25, -0.2) is 4.39 Å². The summed E-state index contributed by atoms with van der Waals surface area (Å²) in [6, 6.07) is 8.30. The minimum atomic E-state index is -0.426. The second-order valence-corrected chi connectivity index (χ2v) is 3.57. The molecular weight excluding hydrogens is 199 g/mol. The van der Waals surface area contributed by atoms with Gasteiger partial charge in [0.15, 0.2) is 0 Å². The topological polar surface area (TPSA) is 0 Å². The van der Waals surface area contributed by atoms with Crippen molar-refractivity contribution in [3.8, 4) is 0 Å². The van der Waals surface area contributed by atoms with Gasteiger partial charge in [0.05, 0.1) is 0 Å². The van der Waals surface area contributed by atoms with Crippen molar-refractivity contribution in [2.75, 3.05) is 0 Å². The Morgan fingerprint density at radius 2 is 1.88 bits per heavy atom. The molecule has 0 radical (unpaired) electrons. The minimum Gasteiger partial charge on any atom is -0.208 e. The number of benzene rings is 1. The number of allylic oxidation sites excluding steroid dienone is 5. The molecule has 1 rings (SSSR count). The Morgan fingerprint density at radius 1 is 1.25 bits per heavy atom. The Hall–Kier alpha value is -1.63. The summed E-state index contributed by atoms with van der Waals surface area (Å²) in [6.45, 7) is 7.26. The van der Waals surface area contributed by atoms with Gasteiger partial charge in [0, 0.05) is 0 Å². The number of hydrogen-bond donors (Lipinski definition) is 0. The van der Waals surface area contributed by atoms with E-state index in [2.05, 4.69) is 37.8 Å². The van der Waals surface area contributed by atoms with Crippen molar-refractivity contribution in [2.45, 2.75) is 20.3 Å². The van der Waals surface area contributed by atoms with Crippen LogP contribution in [0.15, 0.2) is 54.9 Å². The monoisotopic (exact) mass is 216 g/mol. The molecule has 0 aliphatic heterocycles. The van der Waals surface area contributed by atoms with Crippen LogP contribution in [0.3, 0.4) is 0 Å². The molecular formula is C15H17F. The zero-order chi connectivity index (χ0) is 12.0. The summed E-state index contributed by atoms with van der Waals surface area (Å²) in [7, 11) is 0. The Labute approximate surface area is 96.8 Å². The third-order valence-electron chi connectivity index (χ3n) is 2.45. The van der Waals surface area contributed by atoms with E-state index in [-0.39, 0.29) is 0 Å². The lowest BCUT2D eigenvalue weighted by Crippen LogP contribution is -1.83. The van der Waals surface area contributed by atoms with Crippen LogP contribution in [-0.2, 0) is 6.42 Å². The molecule has 0 fully saturated rings. The molecule has 0 nitrogen and oxygen atoms in total. The Balaban J connectivity index is 2.92. The van der Waals surface area contributed by atoms with E-state index in [4.69, 9.17) is 0 Å². The summed E-state index contributed by atoms with van der Waals surface area (Å²) in [4.78, 5) is 0. The van der Waals surface area contributed by atoms with Crippen molar-refractivity contribution in [2.24, 2.45) is 0 Å². The molecule has 0 spiro atoms. The number of aryl methyl sites for hydroxylation is 1. The molecule has 0 amide bonds. The van der Waals surface area contributed by atoms with Crippen molar-refractivity contribution in [1.82, 2.24) is 0 Å². The van der Waals surface area contributed by atoms with Gasteiger partial charge in [-0.2, -0.15) is 0 Å². The van der Waals surface area contributed by atoms with Crippen LogP contribution in [-0.4, -0.2) is 0 Å². The molecule has 0 saturated carbocycles. The van der Waals surface area contributed by atoms with E-state index >= 15 is 0 Å². The van der Waals surface area contributed by atoms with E-state index in [1.54, 1.807) is 6.08 Å². The summed E-state index contributed by atoms with van der Waals surface area (Å²) in [6.07, 6.45) is 6.11. The third kappa shape index (κ3) is 3.50. The molecule has 16 heavy (non-hydrogen) atoms. The van der Waals surface area contributed by atoms with E-state index < -0.39 is 5.83 Å². The van der Waals surface area contributed by atoms with Gasteiger partial charge in [-0.05, 0) is 36.1 Å². The van der Waals surface area contributed by atoms with Gasteiger partial charge in [0.25, 0.3) is 0 Å². The predicted octanol–water partition coefficient (Wildman–Crippen LogP) is 4.69. The number of rotatable bonds is 4. The second kappa shape index (κ2) is 6.06. The molecule has 0 aliphatic carbocycles. The summed E-state index contributed by atoms with van der Waals surface area (Å²) in [5, 5.41) is 0. The fourth-order valence-corrected chi connectivity index (χ4v) is 1.47. The molecule has 0 unspecified atom stereocenters. The van der Waals surface area contributed by atoms with E-state index in [0.717, 1.165) is 17.6 Å². The largest absolute Gasteiger partial charge is 0.208 e. The maximum absolute atomic E-state index is 12.5. The quantitative estimate of drug-likeness (QED) is 0.640. The first kappa shape index (κ1) is 12.4. The Morgan fingerprint density at radius 3 is 2.31 bits per heavy atom. The number of hydrogen-bond acceptors (Lipinski definition) is 0. The highest BCUT2D eigenvalue weighted by Crippen LogP contribution is 2.17. The molecule has 0 heterocycles. The van der Waals surface area contributed by atoms with E-state index in [9.17, 15) is 4.39 Å². The minimum absolute atomic E-state index is 0.426. The van der Waals surface area contributed by atoms with Crippen LogP contribution in [0.1, 0.15) is 25.0 Å². The van der Waals surface area contributed by atoms with Crippen LogP contribution >= 0.6 is 0 Å². The smallest absolute Gasteiger partial charge is 0.116 e. The van der Waals surface area contributed by atoms with Crippen LogP contribution in [0.4, 0.5) is 4.39 Å². The van der Waals surface area contributed by atoms with Crippen molar-refractivity contribution < 1.29 is 4.39 Å². The highest BCUT2D eigenvalue weighted by molar-refractivity contribution is 5.74. The zero-order valence-electron chi connectivity index (χ0n) is 9.83. The summed E-state index contributed by atoms with van der Waals surface area (Å²) in [5.41, 5.74) is 3.40. The molecule has 0 bridgehead atoms. The fourth-order valence-electron chi connectivity index (χ4n) is 1.47. The third-order valence-corrected chi connectivity index (χ3v) is 2.45. The van der Waals surface area contributed by atoms with Gasteiger partial charge in [0.1, 0.15) is 5.83 Å². The van der Waals surface area contributed by atoms with Crippen molar-refractivity contribution in [1.29, 1.82) is 0 Å². The van der Waals surface area contributed by atoms with Gasteiger partial charge in [-0.3, -0.25) is 0 Å². The predicted molar refractivity (Wildman–Crippen MR) is 68.9 cm³/mol. The SMILES string of the molecule is C=C(F)/C=C\C(=C/C)c1ccc(CC)cc1. The van der Waals surface area contributed by atoms with Gasteiger partial charge >= 0.3 is 0 Å². The Bertz CT molecular complexity index is 408. The van der Waals surface area contributed by atoms with Gasteiger partial charge in [0.2, 0.25) is 0 Å². The maximum Gasteiger partial charge on any atom is 0.116 e. The first-order valence-electron chi connectivity index (χ1n) is 5.45. The van der Waals surface area contributed by atoms with Gasteiger partial charge < -0.3 is 0 Å². The first-order chi connectivity index (χ1) is 7.67. The molecule has 0 saturated heterocycles. The van der Waals surface area contributed by atoms with Crippen molar-refractivity contribution in [3.05, 3.63) is 66.0 Å². The van der Waals surface area contributed by atoms with Crippen molar-refractivity contribution >= 4 is 5.57 Å². The molecule has 1 aromatic carbocycles. The average molecular weight is 216 g/mol. The first-order valence-corrected chi connectivity index (χ1v) is 5.45. The molecule has 0 aromatic heterocycles. The zero-order valence-corrected chi connectivity index (χ0v) is 9.83. The van der Waals surface area contributed by atoms with Crippen LogP contribution in [0.2, 0.25) is 0 Å². The van der Waals surface area contributed by atoms with Gasteiger partial charge in [-0.15, -0.1) is 0 Å². The molecule has 0 aliphatic rings. The number of halogens is 1. The molecule has 0 N–H and O–H groups in total. The van der Waals surface area contributed by atoms with Crippen LogP contribution in [0.5, 0.6) is 0 Å². The summed E-state index contributed by atoms with van der Waals surface area (Å²) in [5.74, 6) is -0.426. The molecule has 0 atom stereocenters. The van der Waals surface area contributed by atoms with E-state index in [1.807, 2.05) is 13.0 Å². The Kier molecular flexibility index (Phi) is 4.71. The molecule has 84 valence electrons. The molecule has 1 aromatic rings. The lowest BCUT2D eigenvalue weighted by molar-refractivity contribution is 0.671. The molecule has 1 heteroatoms. The highest BCUT2D eigenvalue weighted by Gasteiger charge is 1.97. The second-order valence-electron chi connectivity index (χ2n) is 3.57. The van der Waals surface area contributed by atoms with Crippen molar-refractivity contribution in [3.63, 3.8) is 0 Å². The van der Waals surface area contributed by atoms with E-state index in [0.29, 0.717) is 0 Å². The normalized spacial score (nSPS) is 12.1.